The molecule has 1 aromatic rings. The predicted molar refractivity (Wildman–Crippen MR) is 75.8 cm³/mol. The summed E-state index contributed by atoms with van der Waals surface area (Å²) in [7, 11) is 2.81. The summed E-state index contributed by atoms with van der Waals surface area (Å²) in [5, 5.41) is 15.9. The Morgan fingerprint density at radius 2 is 2.05 bits per heavy atom. The quantitative estimate of drug-likeness (QED) is 0.362. The van der Waals surface area contributed by atoms with Gasteiger partial charge in [-0.1, -0.05) is 36.8 Å². The van der Waals surface area contributed by atoms with Crippen molar-refractivity contribution in [1.29, 1.82) is 0 Å². The molecule has 0 saturated heterocycles. The van der Waals surface area contributed by atoms with E-state index < -0.39 is 11.6 Å². The number of ketones is 1. The number of nitrogens with zero attached hydrogens (tertiary/aromatic N) is 2. The van der Waals surface area contributed by atoms with Crippen molar-refractivity contribution in [2.45, 2.75) is 37.3 Å². The summed E-state index contributed by atoms with van der Waals surface area (Å²) in [6, 6.07) is 8.77. The smallest absolute Gasteiger partial charge is 0.289 e. The fourth-order valence-electron chi connectivity index (χ4n) is 2.99. The Kier molecular flexibility index (Phi) is 4.90. The van der Waals surface area contributed by atoms with Gasteiger partial charge in [0.05, 0.1) is 0 Å². The number of methoxy groups -OCH3 is 1. The van der Waals surface area contributed by atoms with E-state index in [2.05, 4.69) is 10.1 Å². The second kappa shape index (κ2) is 6.67. The normalized spacial score (nSPS) is 26.4. The molecule has 6 nitrogen and oxygen atoms in total. The van der Waals surface area contributed by atoms with Gasteiger partial charge in [-0.25, -0.2) is 0 Å². The molecule has 0 N–H and O–H groups in total. The molecular formula is C15H20N2O4. The van der Waals surface area contributed by atoms with Crippen LogP contribution >= 0.6 is 0 Å². The Morgan fingerprint density at radius 1 is 1.33 bits per heavy atom. The van der Waals surface area contributed by atoms with Crippen LogP contribution in [0.2, 0.25) is 0 Å². The molecule has 1 fully saturated rings. The summed E-state index contributed by atoms with van der Waals surface area (Å²) in [5.41, 5.74) is -0.877. The average molecular weight is 292 g/mol. The van der Waals surface area contributed by atoms with Crippen LogP contribution in [0.3, 0.4) is 0 Å². The van der Waals surface area contributed by atoms with Gasteiger partial charge in [-0.3, -0.25) is 4.79 Å². The molecule has 21 heavy (non-hydrogen) atoms. The molecule has 2 unspecified atom stereocenters. The van der Waals surface area contributed by atoms with Gasteiger partial charge in [0.1, 0.15) is 13.2 Å². The van der Waals surface area contributed by atoms with Crippen LogP contribution in [0.15, 0.2) is 35.6 Å². The molecule has 1 aliphatic rings. The Hall–Kier alpha value is -1.95. The Balaban J connectivity index is 2.50. The van der Waals surface area contributed by atoms with E-state index in [4.69, 9.17) is 4.74 Å². The number of hydrogen-bond donors (Lipinski definition) is 0. The van der Waals surface area contributed by atoms with Gasteiger partial charge in [-0.05, 0) is 17.7 Å². The minimum Gasteiger partial charge on any atom is -0.596 e. The number of hydroxylamine groups is 1. The second-order valence-corrected chi connectivity index (χ2v) is 5.13. The molecule has 0 bridgehead atoms. The molecule has 0 amide bonds. The number of carbonyl (C=O) groups is 1. The lowest BCUT2D eigenvalue weighted by Gasteiger charge is -2.36. The summed E-state index contributed by atoms with van der Waals surface area (Å²) < 4.78 is 5.44. The molecule has 0 heterocycles. The molecule has 114 valence electrons. The van der Waals surface area contributed by atoms with Crippen LogP contribution in [0.1, 0.15) is 36.0 Å². The highest BCUT2D eigenvalue weighted by Crippen LogP contribution is 2.36. The molecule has 2 atom stereocenters. The molecule has 0 radical (unpaired) electrons. The maximum Gasteiger partial charge on any atom is 0.289 e. The fraction of sp³-hybridized carbons (Fsp3) is 0.533. The van der Waals surface area contributed by atoms with Crippen molar-refractivity contribution >= 4 is 5.78 Å². The Morgan fingerprint density at radius 3 is 2.67 bits per heavy atom. The number of hydrogen-bond acceptors (Lipinski definition) is 5. The van der Waals surface area contributed by atoms with Crippen LogP contribution in [0, 0.1) is 5.21 Å². The minimum absolute atomic E-state index is 0.273. The lowest BCUT2D eigenvalue weighted by molar-refractivity contribution is -0.629. The fourth-order valence-corrected chi connectivity index (χ4v) is 2.99. The number of rotatable bonds is 5. The zero-order chi connectivity index (χ0) is 15.3. The zero-order valence-electron chi connectivity index (χ0n) is 12.3. The van der Waals surface area contributed by atoms with Crippen molar-refractivity contribution < 1.29 is 19.2 Å². The van der Waals surface area contributed by atoms with E-state index >= 15 is 0 Å². The number of benzene rings is 1. The van der Waals surface area contributed by atoms with Crippen molar-refractivity contribution in [3.8, 4) is 0 Å². The first-order chi connectivity index (χ1) is 10.2. The first-order valence-electron chi connectivity index (χ1n) is 7.01. The van der Waals surface area contributed by atoms with Crippen molar-refractivity contribution in [3.63, 3.8) is 0 Å². The molecule has 1 aromatic carbocycles. The van der Waals surface area contributed by atoms with E-state index in [0.29, 0.717) is 23.3 Å². The lowest BCUT2D eigenvalue weighted by atomic mass is 9.74. The van der Waals surface area contributed by atoms with Crippen LogP contribution in [-0.2, 0) is 9.57 Å². The number of Topliss-reactive ketones (excluding diaryl/α,β-unsaturated/α-hetero) is 1. The van der Waals surface area contributed by atoms with Crippen molar-refractivity contribution in [2.24, 2.45) is 5.28 Å². The summed E-state index contributed by atoms with van der Waals surface area (Å²) in [6.07, 6.45) is 2.23. The standard InChI is InChI=1S/C15H20N2O4/c1-20-13-10-6-7-11-15(13,17(19)16-21-2)14(18)12-8-4-3-5-9-12/h3-5,8-9,13H,6-7,10-11H2,1-2H3/b17-16-. The third-order valence-electron chi connectivity index (χ3n) is 4.02. The third-order valence-corrected chi connectivity index (χ3v) is 4.02. The van der Waals surface area contributed by atoms with Crippen molar-refractivity contribution in [1.82, 2.24) is 0 Å². The van der Waals surface area contributed by atoms with Gasteiger partial charge in [0.2, 0.25) is 11.1 Å². The largest absolute Gasteiger partial charge is 0.596 e. The van der Waals surface area contributed by atoms with Crippen LogP contribution in [-0.4, -0.2) is 36.5 Å². The highest BCUT2D eigenvalue weighted by atomic mass is 16.7. The highest BCUT2D eigenvalue weighted by Gasteiger charge is 2.57. The lowest BCUT2D eigenvalue weighted by Crippen LogP contribution is -2.58. The van der Waals surface area contributed by atoms with Gasteiger partial charge in [0.25, 0.3) is 5.54 Å². The summed E-state index contributed by atoms with van der Waals surface area (Å²) in [4.78, 5) is 17.9. The first-order valence-corrected chi connectivity index (χ1v) is 7.01. The van der Waals surface area contributed by atoms with Gasteiger partial charge in [0.15, 0.2) is 0 Å². The summed E-state index contributed by atoms with van der Waals surface area (Å²) >= 11 is 0. The molecule has 0 aromatic heterocycles. The van der Waals surface area contributed by atoms with E-state index in [1.807, 2.05) is 6.07 Å². The predicted octanol–water partition coefficient (Wildman–Crippen LogP) is 2.72. The van der Waals surface area contributed by atoms with Crippen molar-refractivity contribution in [2.75, 3.05) is 14.2 Å². The second-order valence-electron chi connectivity index (χ2n) is 5.13. The monoisotopic (exact) mass is 292 g/mol. The van der Waals surface area contributed by atoms with E-state index in [0.717, 1.165) is 12.8 Å². The molecule has 6 heteroatoms. The van der Waals surface area contributed by atoms with E-state index in [1.54, 1.807) is 24.3 Å². The summed E-state index contributed by atoms with van der Waals surface area (Å²) in [6.45, 7) is 0. The van der Waals surface area contributed by atoms with Gasteiger partial charge in [0, 0.05) is 19.1 Å². The molecular weight excluding hydrogens is 272 g/mol. The molecule has 0 aliphatic heterocycles. The van der Waals surface area contributed by atoms with E-state index in [9.17, 15) is 10.0 Å². The molecule has 1 aliphatic carbocycles. The van der Waals surface area contributed by atoms with Gasteiger partial charge in [-0.15, -0.1) is 0 Å². The highest BCUT2D eigenvalue weighted by molar-refractivity contribution is 6.02. The van der Waals surface area contributed by atoms with Gasteiger partial charge >= 0.3 is 0 Å². The minimum atomic E-state index is -1.36. The maximum absolute atomic E-state index is 13.0. The topological polar surface area (TPSA) is 74.0 Å². The van der Waals surface area contributed by atoms with Crippen LogP contribution in [0.25, 0.3) is 0 Å². The van der Waals surface area contributed by atoms with Crippen LogP contribution in [0.5, 0.6) is 0 Å². The molecule has 1 saturated carbocycles. The van der Waals surface area contributed by atoms with Gasteiger partial charge in [-0.2, -0.15) is 0 Å². The Labute approximate surface area is 123 Å². The number of carbonyl (C=O) groups excluding carboxylic acids is 1. The van der Waals surface area contributed by atoms with Crippen LogP contribution in [0.4, 0.5) is 0 Å². The third kappa shape index (κ3) is 2.76. The zero-order valence-corrected chi connectivity index (χ0v) is 12.3. The average Bonchev–Trinajstić information content (AvgIpc) is 2.55. The molecule has 0 spiro atoms. The van der Waals surface area contributed by atoms with Crippen LogP contribution < -0.4 is 0 Å². The first kappa shape index (κ1) is 15.4. The SMILES string of the molecule is CO/N=[N+](\[O-])C1(C(=O)c2ccccc2)CCCCC1OC. The number of ether oxygens (including phenoxy) is 1. The molecule has 2 rings (SSSR count). The van der Waals surface area contributed by atoms with Gasteiger partial charge < -0.3 is 14.8 Å². The summed E-state index contributed by atoms with van der Waals surface area (Å²) in [5.74, 6) is -0.273. The maximum atomic E-state index is 13.0. The van der Waals surface area contributed by atoms with E-state index in [-0.39, 0.29) is 5.78 Å². The van der Waals surface area contributed by atoms with E-state index in [1.165, 1.54) is 14.2 Å². The Bertz CT molecular complexity index is 518. The van der Waals surface area contributed by atoms with Crippen molar-refractivity contribution in [3.05, 3.63) is 41.1 Å².